The number of halogens is 2. The maximum Gasteiger partial charge on any atom is 0.138 e. The van der Waals surface area contributed by atoms with Gasteiger partial charge in [0.25, 0.3) is 0 Å². The van der Waals surface area contributed by atoms with E-state index in [1.165, 1.54) is 0 Å². The van der Waals surface area contributed by atoms with Crippen molar-refractivity contribution in [2.45, 2.75) is 4.90 Å². The molecule has 0 radical (unpaired) electrons. The van der Waals surface area contributed by atoms with Crippen LogP contribution in [-0.4, -0.2) is 0 Å². The second-order valence-corrected chi connectivity index (χ2v) is 4.11. The summed E-state index contributed by atoms with van der Waals surface area (Å²) in [6.45, 7) is 0. The van der Waals surface area contributed by atoms with Crippen molar-refractivity contribution in [2.24, 2.45) is 0 Å². The van der Waals surface area contributed by atoms with Crippen molar-refractivity contribution >= 4 is 45.0 Å². The van der Waals surface area contributed by atoms with Gasteiger partial charge >= 0.3 is 0 Å². The molecule has 1 rings (SSSR count). The Bertz CT molecular complexity index is 348. The monoisotopic (exact) mass is 262 g/mol. The van der Waals surface area contributed by atoms with Crippen LogP contribution in [0, 0.1) is 10.7 Å². The summed E-state index contributed by atoms with van der Waals surface area (Å²) in [5.41, 5.74) is 6.21. The molecule has 62 valence electrons. The minimum atomic E-state index is 0.547. The van der Waals surface area contributed by atoms with Crippen molar-refractivity contribution in [2.75, 3.05) is 5.73 Å². The first-order valence-electron chi connectivity index (χ1n) is 2.95. The molecular formula is C7H4BrClN2S. The molecule has 0 unspecified atom stereocenters. The van der Waals surface area contributed by atoms with Crippen LogP contribution in [0.15, 0.2) is 21.5 Å². The predicted molar refractivity (Wildman–Crippen MR) is 55.0 cm³/mol. The molecule has 0 aliphatic rings. The molecule has 5 heteroatoms. The molecule has 0 bridgehead atoms. The van der Waals surface area contributed by atoms with Gasteiger partial charge in [-0.2, -0.15) is 5.26 Å². The van der Waals surface area contributed by atoms with Gasteiger partial charge in [-0.1, -0.05) is 11.6 Å². The first-order chi connectivity index (χ1) is 5.65. The van der Waals surface area contributed by atoms with Gasteiger partial charge in [-0.3, -0.25) is 0 Å². The van der Waals surface area contributed by atoms with E-state index in [2.05, 4.69) is 15.9 Å². The van der Waals surface area contributed by atoms with E-state index in [9.17, 15) is 0 Å². The quantitative estimate of drug-likeness (QED) is 0.481. The minimum absolute atomic E-state index is 0.547. The summed E-state index contributed by atoms with van der Waals surface area (Å²) in [4.78, 5) is 0.678. The van der Waals surface area contributed by atoms with Gasteiger partial charge in [-0.05, 0) is 39.8 Å². The fourth-order valence-corrected chi connectivity index (χ4v) is 2.21. The zero-order valence-electron chi connectivity index (χ0n) is 5.84. The highest BCUT2D eigenvalue weighted by Gasteiger charge is 2.05. The van der Waals surface area contributed by atoms with Crippen LogP contribution in [0.5, 0.6) is 0 Å². The third kappa shape index (κ3) is 2.07. The number of thiocyanates is 1. The topological polar surface area (TPSA) is 49.8 Å². The van der Waals surface area contributed by atoms with Crippen LogP contribution in [-0.2, 0) is 0 Å². The van der Waals surface area contributed by atoms with E-state index in [4.69, 9.17) is 22.6 Å². The molecule has 0 amide bonds. The van der Waals surface area contributed by atoms with Crippen molar-refractivity contribution in [1.29, 1.82) is 5.26 Å². The lowest BCUT2D eigenvalue weighted by Gasteiger charge is -2.03. The number of nitrogen functional groups attached to an aromatic ring is 1. The second kappa shape index (κ2) is 4.04. The number of nitrogens with zero attached hydrogens (tertiary/aromatic N) is 1. The molecule has 0 heterocycles. The van der Waals surface area contributed by atoms with E-state index in [0.29, 0.717) is 20.1 Å². The standard InChI is InChI=1S/C7H4BrClN2S/c8-5-1-4(9)2-6(7(5)11)12-3-10/h1-2H,11H2. The molecule has 0 fully saturated rings. The van der Waals surface area contributed by atoms with Gasteiger partial charge in [0.15, 0.2) is 0 Å². The molecular weight excluding hydrogens is 260 g/mol. The summed E-state index contributed by atoms with van der Waals surface area (Å²) in [6, 6.07) is 3.36. The van der Waals surface area contributed by atoms with E-state index in [1.807, 2.05) is 5.40 Å². The third-order valence-corrected chi connectivity index (χ3v) is 2.74. The Morgan fingerprint density at radius 3 is 2.83 bits per heavy atom. The van der Waals surface area contributed by atoms with E-state index in [1.54, 1.807) is 12.1 Å². The Morgan fingerprint density at radius 1 is 1.58 bits per heavy atom. The van der Waals surface area contributed by atoms with Crippen molar-refractivity contribution in [3.05, 3.63) is 21.6 Å². The fraction of sp³-hybridized carbons (Fsp3) is 0. The molecule has 0 saturated carbocycles. The average Bonchev–Trinajstić information content (AvgIpc) is 2.00. The highest BCUT2D eigenvalue weighted by atomic mass is 79.9. The molecule has 1 aromatic rings. The Hall–Kier alpha value is -0.370. The van der Waals surface area contributed by atoms with Crippen molar-refractivity contribution in [3.63, 3.8) is 0 Å². The summed E-state index contributed by atoms with van der Waals surface area (Å²) in [5.74, 6) is 0. The van der Waals surface area contributed by atoms with Crippen LogP contribution in [0.2, 0.25) is 5.02 Å². The van der Waals surface area contributed by atoms with Crippen LogP contribution in [0.3, 0.4) is 0 Å². The molecule has 1 aromatic carbocycles. The number of thioether (sulfide) groups is 1. The van der Waals surface area contributed by atoms with Gasteiger partial charge in [0.05, 0.1) is 5.69 Å². The zero-order chi connectivity index (χ0) is 9.14. The van der Waals surface area contributed by atoms with Crippen LogP contribution in [0.4, 0.5) is 5.69 Å². The lowest BCUT2D eigenvalue weighted by Crippen LogP contribution is -1.89. The normalized spacial score (nSPS) is 9.42. The summed E-state index contributed by atoms with van der Waals surface area (Å²) < 4.78 is 0.716. The van der Waals surface area contributed by atoms with Gasteiger partial charge in [0.2, 0.25) is 0 Å². The highest BCUT2D eigenvalue weighted by molar-refractivity contribution is 9.10. The van der Waals surface area contributed by atoms with E-state index in [-0.39, 0.29) is 0 Å². The summed E-state index contributed by atoms with van der Waals surface area (Å²) in [5, 5.41) is 10.9. The number of benzene rings is 1. The molecule has 0 spiro atoms. The molecule has 0 aliphatic heterocycles. The summed E-state index contributed by atoms with van der Waals surface area (Å²) in [7, 11) is 0. The largest absolute Gasteiger partial charge is 0.397 e. The van der Waals surface area contributed by atoms with Gasteiger partial charge in [0.1, 0.15) is 5.40 Å². The highest BCUT2D eigenvalue weighted by Crippen LogP contribution is 2.33. The number of nitrogens with two attached hydrogens (primary N) is 1. The van der Waals surface area contributed by atoms with Gasteiger partial charge < -0.3 is 5.73 Å². The third-order valence-electron chi connectivity index (χ3n) is 1.21. The summed E-state index contributed by atoms with van der Waals surface area (Å²) in [6.07, 6.45) is 0. The first-order valence-corrected chi connectivity index (χ1v) is 4.94. The average molecular weight is 264 g/mol. The van der Waals surface area contributed by atoms with Crippen molar-refractivity contribution in [3.8, 4) is 5.40 Å². The minimum Gasteiger partial charge on any atom is -0.397 e. The number of anilines is 1. The summed E-state index contributed by atoms with van der Waals surface area (Å²) >= 11 is 9.98. The predicted octanol–water partition coefficient (Wildman–Crippen LogP) is 3.26. The Morgan fingerprint density at radius 2 is 2.25 bits per heavy atom. The molecule has 2 N–H and O–H groups in total. The van der Waals surface area contributed by atoms with Crippen LogP contribution in [0.25, 0.3) is 0 Å². The van der Waals surface area contributed by atoms with E-state index in [0.717, 1.165) is 11.8 Å². The number of rotatable bonds is 1. The fourth-order valence-electron chi connectivity index (χ4n) is 0.695. The maximum atomic E-state index is 8.42. The lowest BCUT2D eigenvalue weighted by atomic mass is 10.3. The Labute approximate surface area is 87.8 Å². The van der Waals surface area contributed by atoms with Crippen LogP contribution in [0.1, 0.15) is 0 Å². The number of hydrogen-bond acceptors (Lipinski definition) is 3. The van der Waals surface area contributed by atoms with Gasteiger partial charge in [0, 0.05) is 14.4 Å². The SMILES string of the molecule is N#CSc1cc(Cl)cc(Br)c1N. The number of nitriles is 1. The Kier molecular flexibility index (Phi) is 3.27. The molecule has 0 atom stereocenters. The molecule has 0 saturated heterocycles. The first kappa shape index (κ1) is 9.72. The van der Waals surface area contributed by atoms with Gasteiger partial charge in [-0.15, -0.1) is 0 Å². The van der Waals surface area contributed by atoms with Crippen molar-refractivity contribution in [1.82, 2.24) is 0 Å². The van der Waals surface area contributed by atoms with Crippen molar-refractivity contribution < 1.29 is 0 Å². The van der Waals surface area contributed by atoms with Gasteiger partial charge in [-0.25, -0.2) is 0 Å². The van der Waals surface area contributed by atoms with Crippen LogP contribution >= 0.6 is 39.3 Å². The maximum absolute atomic E-state index is 8.42. The lowest BCUT2D eigenvalue weighted by molar-refractivity contribution is 1.44. The Balaban J connectivity index is 3.20. The number of hydrogen-bond donors (Lipinski definition) is 1. The molecule has 12 heavy (non-hydrogen) atoms. The van der Waals surface area contributed by atoms with E-state index >= 15 is 0 Å². The van der Waals surface area contributed by atoms with E-state index < -0.39 is 0 Å². The molecule has 2 nitrogen and oxygen atoms in total. The molecule has 0 aliphatic carbocycles. The van der Waals surface area contributed by atoms with Crippen LogP contribution < -0.4 is 5.73 Å². The zero-order valence-corrected chi connectivity index (χ0v) is 9.00. The smallest absolute Gasteiger partial charge is 0.138 e. The molecule has 0 aromatic heterocycles. The second-order valence-electron chi connectivity index (χ2n) is 1.99.